The maximum Gasteiger partial charge on any atom is 0.159 e. The van der Waals surface area contributed by atoms with Crippen LogP contribution in [0.2, 0.25) is 0 Å². The molecular formula is C24H18N6. The Labute approximate surface area is 172 Å². The van der Waals surface area contributed by atoms with Crippen LogP contribution in [-0.4, -0.2) is 29.9 Å². The van der Waals surface area contributed by atoms with Crippen molar-refractivity contribution in [1.82, 2.24) is 29.9 Å². The van der Waals surface area contributed by atoms with E-state index < -0.39 is 0 Å². The van der Waals surface area contributed by atoms with Gasteiger partial charge in [0.25, 0.3) is 0 Å². The van der Waals surface area contributed by atoms with Gasteiger partial charge in [0.15, 0.2) is 5.82 Å². The van der Waals surface area contributed by atoms with Crippen molar-refractivity contribution in [2.24, 2.45) is 0 Å². The fourth-order valence-corrected chi connectivity index (χ4v) is 3.98. The van der Waals surface area contributed by atoms with Crippen molar-refractivity contribution >= 4 is 32.7 Å². The number of hydrogen-bond donors (Lipinski definition) is 2. The van der Waals surface area contributed by atoms with E-state index in [9.17, 15) is 0 Å². The number of fused-ring (bicyclic) bond motifs is 4. The maximum absolute atomic E-state index is 4.80. The van der Waals surface area contributed by atoms with Crippen LogP contribution in [0.15, 0.2) is 60.9 Å². The predicted octanol–water partition coefficient (Wildman–Crippen LogP) is 5.33. The summed E-state index contributed by atoms with van der Waals surface area (Å²) in [7, 11) is 0. The lowest BCUT2D eigenvalue weighted by molar-refractivity contribution is 1.15. The molecule has 3 aromatic carbocycles. The summed E-state index contributed by atoms with van der Waals surface area (Å²) in [5, 5.41) is 3.29. The highest BCUT2D eigenvalue weighted by molar-refractivity contribution is 6.05. The van der Waals surface area contributed by atoms with Gasteiger partial charge in [-0.05, 0) is 43.5 Å². The van der Waals surface area contributed by atoms with Crippen LogP contribution in [-0.2, 0) is 0 Å². The van der Waals surface area contributed by atoms with E-state index in [1.807, 2.05) is 38.4 Å². The number of benzene rings is 3. The van der Waals surface area contributed by atoms with Crippen molar-refractivity contribution in [3.05, 3.63) is 72.6 Å². The summed E-state index contributed by atoms with van der Waals surface area (Å²) < 4.78 is 0. The zero-order valence-electron chi connectivity index (χ0n) is 16.6. The van der Waals surface area contributed by atoms with Crippen LogP contribution in [0.1, 0.15) is 11.6 Å². The zero-order chi connectivity index (χ0) is 20.2. The van der Waals surface area contributed by atoms with E-state index in [4.69, 9.17) is 4.98 Å². The number of aromatic nitrogens is 6. The quantitative estimate of drug-likeness (QED) is 0.418. The summed E-state index contributed by atoms with van der Waals surface area (Å²) >= 11 is 0. The Balaban J connectivity index is 1.43. The molecule has 0 aliphatic carbocycles. The molecule has 0 saturated carbocycles. The molecular weight excluding hydrogens is 372 g/mol. The number of imidazole rings is 2. The lowest BCUT2D eigenvalue weighted by Crippen LogP contribution is -1.91. The Morgan fingerprint density at radius 1 is 0.667 bits per heavy atom. The number of rotatable bonds is 2. The molecule has 2 N–H and O–H groups in total. The number of nitrogens with zero attached hydrogens (tertiary/aromatic N) is 4. The van der Waals surface area contributed by atoms with E-state index in [0.717, 1.165) is 67.0 Å². The summed E-state index contributed by atoms with van der Waals surface area (Å²) in [6, 6.07) is 16.6. The van der Waals surface area contributed by atoms with E-state index in [2.05, 4.69) is 61.3 Å². The Hall–Kier alpha value is -4.06. The van der Waals surface area contributed by atoms with Crippen LogP contribution in [0.3, 0.4) is 0 Å². The maximum atomic E-state index is 4.80. The molecule has 3 heterocycles. The van der Waals surface area contributed by atoms with Crippen molar-refractivity contribution in [2.75, 3.05) is 0 Å². The van der Waals surface area contributed by atoms with Crippen molar-refractivity contribution in [2.45, 2.75) is 13.8 Å². The van der Waals surface area contributed by atoms with E-state index >= 15 is 0 Å². The van der Waals surface area contributed by atoms with E-state index in [1.165, 1.54) is 0 Å². The molecule has 0 unspecified atom stereocenters. The summed E-state index contributed by atoms with van der Waals surface area (Å²) in [6.07, 6.45) is 3.73. The van der Waals surface area contributed by atoms with Crippen molar-refractivity contribution < 1.29 is 0 Å². The lowest BCUT2D eigenvalue weighted by Gasteiger charge is -2.06. The van der Waals surface area contributed by atoms with Gasteiger partial charge in [-0.25, -0.2) is 19.9 Å². The molecule has 6 aromatic rings. The lowest BCUT2D eigenvalue weighted by atomic mass is 10.0. The summed E-state index contributed by atoms with van der Waals surface area (Å²) in [5.74, 6) is 2.54. The van der Waals surface area contributed by atoms with Gasteiger partial charge >= 0.3 is 0 Å². The van der Waals surface area contributed by atoms with Gasteiger partial charge in [-0.2, -0.15) is 0 Å². The molecule has 0 aliphatic heterocycles. The molecule has 0 radical (unpaired) electrons. The van der Waals surface area contributed by atoms with Crippen molar-refractivity contribution in [3.8, 4) is 22.6 Å². The summed E-state index contributed by atoms with van der Waals surface area (Å²) in [4.78, 5) is 24.9. The van der Waals surface area contributed by atoms with Gasteiger partial charge in [-0.15, -0.1) is 0 Å². The molecule has 0 fully saturated rings. The van der Waals surface area contributed by atoms with E-state index in [0.29, 0.717) is 0 Å². The van der Waals surface area contributed by atoms with Gasteiger partial charge in [0.1, 0.15) is 11.6 Å². The molecule has 0 aliphatic rings. The van der Waals surface area contributed by atoms with E-state index in [1.54, 1.807) is 0 Å². The van der Waals surface area contributed by atoms with Crippen LogP contribution in [0, 0.1) is 13.8 Å². The standard InChI is InChI=1S/C24H18N6/c1-13-25-12-22(27-13)16-5-7-20-18(10-16)11-26-24(30-20)17-3-6-19-15(9-17)4-8-21-23(19)29-14(2)28-21/h3-12H,1-2H3,(H,25,27)(H,28,29). The molecule has 6 heteroatoms. The molecule has 0 bridgehead atoms. The molecule has 144 valence electrons. The number of hydrogen-bond acceptors (Lipinski definition) is 4. The van der Waals surface area contributed by atoms with Gasteiger partial charge in [0, 0.05) is 28.1 Å². The Morgan fingerprint density at radius 2 is 1.50 bits per heavy atom. The van der Waals surface area contributed by atoms with Gasteiger partial charge in [0.05, 0.1) is 28.4 Å². The predicted molar refractivity (Wildman–Crippen MR) is 119 cm³/mol. The fourth-order valence-electron chi connectivity index (χ4n) is 3.98. The Bertz CT molecular complexity index is 1570. The van der Waals surface area contributed by atoms with Gasteiger partial charge in [-0.3, -0.25) is 0 Å². The Morgan fingerprint density at radius 3 is 2.37 bits per heavy atom. The molecule has 6 rings (SSSR count). The van der Waals surface area contributed by atoms with Crippen molar-refractivity contribution in [3.63, 3.8) is 0 Å². The number of aromatic amines is 2. The van der Waals surface area contributed by atoms with Crippen LogP contribution >= 0.6 is 0 Å². The van der Waals surface area contributed by atoms with Crippen LogP contribution in [0.5, 0.6) is 0 Å². The molecule has 6 nitrogen and oxygen atoms in total. The minimum Gasteiger partial charge on any atom is -0.342 e. The Kier molecular flexibility index (Phi) is 3.49. The smallest absolute Gasteiger partial charge is 0.159 e. The third kappa shape index (κ3) is 2.65. The summed E-state index contributed by atoms with van der Waals surface area (Å²) in [6.45, 7) is 3.92. The second kappa shape index (κ2) is 6.22. The summed E-state index contributed by atoms with van der Waals surface area (Å²) in [5.41, 5.74) is 6.03. The van der Waals surface area contributed by atoms with Crippen molar-refractivity contribution in [1.29, 1.82) is 0 Å². The minimum absolute atomic E-state index is 0.718. The zero-order valence-corrected chi connectivity index (χ0v) is 16.6. The van der Waals surface area contributed by atoms with Crippen LogP contribution < -0.4 is 0 Å². The molecule has 30 heavy (non-hydrogen) atoms. The average molecular weight is 390 g/mol. The number of nitrogens with one attached hydrogen (secondary N) is 2. The van der Waals surface area contributed by atoms with Crippen LogP contribution in [0.25, 0.3) is 55.4 Å². The van der Waals surface area contributed by atoms with Gasteiger partial charge in [0.2, 0.25) is 0 Å². The SMILES string of the molecule is Cc1ncc(-c2ccc3nc(-c4ccc5c(ccc6nc(C)[nH]c65)c4)ncc3c2)[nH]1. The molecule has 0 amide bonds. The molecule has 0 saturated heterocycles. The highest BCUT2D eigenvalue weighted by Gasteiger charge is 2.09. The molecule has 0 atom stereocenters. The molecule has 3 aromatic heterocycles. The highest BCUT2D eigenvalue weighted by Crippen LogP contribution is 2.29. The normalized spacial score (nSPS) is 11.7. The third-order valence-electron chi connectivity index (χ3n) is 5.44. The van der Waals surface area contributed by atoms with Gasteiger partial charge < -0.3 is 9.97 Å². The first-order valence-corrected chi connectivity index (χ1v) is 9.82. The van der Waals surface area contributed by atoms with Gasteiger partial charge in [-0.1, -0.05) is 24.3 Å². The van der Waals surface area contributed by atoms with Crippen LogP contribution in [0.4, 0.5) is 0 Å². The van der Waals surface area contributed by atoms with E-state index in [-0.39, 0.29) is 0 Å². The second-order valence-corrected chi connectivity index (χ2v) is 7.57. The number of aryl methyl sites for hydroxylation is 2. The minimum atomic E-state index is 0.718. The highest BCUT2D eigenvalue weighted by atomic mass is 14.9. The largest absolute Gasteiger partial charge is 0.342 e. The third-order valence-corrected chi connectivity index (χ3v) is 5.44. The number of H-pyrrole nitrogens is 2. The first kappa shape index (κ1) is 16.9. The average Bonchev–Trinajstić information content (AvgIpc) is 3.37. The molecule has 0 spiro atoms. The second-order valence-electron chi connectivity index (χ2n) is 7.57. The first-order valence-electron chi connectivity index (χ1n) is 9.82. The monoisotopic (exact) mass is 390 g/mol. The first-order chi connectivity index (χ1) is 14.6. The fraction of sp³-hybridized carbons (Fsp3) is 0.0833. The topological polar surface area (TPSA) is 83.1 Å².